The highest BCUT2D eigenvalue weighted by molar-refractivity contribution is 7.92. The molecule has 2 aromatic carbocycles. The Kier molecular flexibility index (Phi) is 8.08. The molecule has 0 aliphatic carbocycles. The van der Waals surface area contributed by atoms with E-state index < -0.39 is 10.0 Å². The van der Waals surface area contributed by atoms with Crippen LogP contribution in [0.2, 0.25) is 0 Å². The number of hydrogen-bond donors (Lipinski definition) is 1. The minimum atomic E-state index is -3.58. The van der Waals surface area contributed by atoms with Gasteiger partial charge >= 0.3 is 0 Å². The van der Waals surface area contributed by atoms with Gasteiger partial charge in [0.2, 0.25) is 15.9 Å². The average molecular weight is 419 g/mol. The lowest BCUT2D eigenvalue weighted by Gasteiger charge is -2.25. The molecule has 1 amide bonds. The number of anilines is 1. The molecule has 0 atom stereocenters. The summed E-state index contributed by atoms with van der Waals surface area (Å²) in [6, 6.07) is 13.5. The Morgan fingerprint density at radius 2 is 1.69 bits per heavy atom. The number of rotatable bonds is 10. The maximum atomic E-state index is 12.4. The van der Waals surface area contributed by atoms with Crippen LogP contribution < -0.4 is 14.4 Å². The van der Waals surface area contributed by atoms with Crippen LogP contribution in [0.25, 0.3) is 0 Å². The van der Waals surface area contributed by atoms with Gasteiger partial charge in [-0.1, -0.05) is 30.3 Å². The second kappa shape index (κ2) is 10.3. The van der Waals surface area contributed by atoms with Crippen LogP contribution in [0.15, 0.2) is 42.5 Å². The normalized spacial score (nSPS) is 11.2. The van der Waals surface area contributed by atoms with Crippen molar-refractivity contribution < 1.29 is 17.9 Å². The van der Waals surface area contributed by atoms with Crippen LogP contribution in [0, 0.1) is 13.8 Å². The first-order valence-corrected chi connectivity index (χ1v) is 11.6. The number of sulfonamides is 1. The molecule has 0 unspecified atom stereocenters. The third-order valence-corrected chi connectivity index (χ3v) is 5.69. The van der Waals surface area contributed by atoms with Gasteiger partial charge < -0.3 is 10.1 Å². The van der Waals surface area contributed by atoms with Crippen molar-refractivity contribution in [3.63, 3.8) is 0 Å². The van der Waals surface area contributed by atoms with Crippen LogP contribution in [-0.2, 0) is 21.2 Å². The fourth-order valence-corrected chi connectivity index (χ4v) is 4.16. The van der Waals surface area contributed by atoms with Gasteiger partial charge in [0.25, 0.3) is 0 Å². The largest absolute Gasteiger partial charge is 0.494 e. The van der Waals surface area contributed by atoms with Crippen LogP contribution in [0.1, 0.15) is 30.0 Å². The number of aryl methyl sites for hydroxylation is 3. The second-order valence-corrected chi connectivity index (χ2v) is 8.95. The van der Waals surface area contributed by atoms with Gasteiger partial charge in [-0.05, 0) is 62.4 Å². The van der Waals surface area contributed by atoms with Crippen LogP contribution >= 0.6 is 0 Å². The van der Waals surface area contributed by atoms with Gasteiger partial charge in [0.1, 0.15) is 12.3 Å². The zero-order valence-corrected chi connectivity index (χ0v) is 18.4. The molecule has 0 saturated carbocycles. The van der Waals surface area contributed by atoms with E-state index in [1.807, 2.05) is 63.2 Å². The van der Waals surface area contributed by atoms with Crippen molar-refractivity contribution in [3.8, 4) is 5.75 Å². The zero-order valence-electron chi connectivity index (χ0n) is 17.6. The number of benzene rings is 2. The molecule has 0 heterocycles. The van der Waals surface area contributed by atoms with Crippen molar-refractivity contribution >= 4 is 21.6 Å². The van der Waals surface area contributed by atoms with Crippen LogP contribution in [-0.4, -0.2) is 40.3 Å². The SMILES string of the molecule is CCOc1ccc(CCCNC(=O)CN(c2c(C)cccc2C)S(C)(=O)=O)cc1. The Balaban J connectivity index is 1.91. The van der Waals surface area contributed by atoms with E-state index >= 15 is 0 Å². The van der Waals surface area contributed by atoms with E-state index in [0.29, 0.717) is 18.8 Å². The number of nitrogens with one attached hydrogen (secondary N) is 1. The van der Waals surface area contributed by atoms with Gasteiger partial charge in [0.15, 0.2) is 0 Å². The Hall–Kier alpha value is -2.54. The summed E-state index contributed by atoms with van der Waals surface area (Å²) in [6.45, 7) is 6.52. The lowest BCUT2D eigenvalue weighted by Crippen LogP contribution is -2.41. The lowest BCUT2D eigenvalue weighted by atomic mass is 10.1. The molecule has 2 rings (SSSR count). The van der Waals surface area contributed by atoms with Crippen molar-refractivity contribution in [2.24, 2.45) is 0 Å². The van der Waals surface area contributed by atoms with E-state index in [9.17, 15) is 13.2 Å². The summed E-state index contributed by atoms with van der Waals surface area (Å²) in [5.41, 5.74) is 3.37. The topological polar surface area (TPSA) is 75.7 Å². The fraction of sp³-hybridized carbons (Fsp3) is 0.409. The van der Waals surface area contributed by atoms with Gasteiger partial charge in [-0.2, -0.15) is 0 Å². The Bertz CT molecular complexity index is 904. The van der Waals surface area contributed by atoms with E-state index in [1.54, 1.807) is 0 Å². The van der Waals surface area contributed by atoms with E-state index in [-0.39, 0.29) is 12.5 Å². The monoisotopic (exact) mass is 418 g/mol. The predicted octanol–water partition coefficient (Wildman–Crippen LogP) is 3.22. The molecular weight excluding hydrogens is 388 g/mol. The number of para-hydroxylation sites is 1. The third-order valence-electron chi connectivity index (χ3n) is 4.58. The molecule has 0 aromatic heterocycles. The fourth-order valence-electron chi connectivity index (χ4n) is 3.19. The Labute approximate surface area is 173 Å². The van der Waals surface area contributed by atoms with E-state index in [4.69, 9.17) is 4.74 Å². The third kappa shape index (κ3) is 6.78. The highest BCUT2D eigenvalue weighted by Gasteiger charge is 2.23. The smallest absolute Gasteiger partial charge is 0.240 e. The number of carbonyl (C=O) groups excluding carboxylic acids is 1. The van der Waals surface area contributed by atoms with Crippen LogP contribution in [0.4, 0.5) is 5.69 Å². The summed E-state index contributed by atoms with van der Waals surface area (Å²) < 4.78 is 31.2. The van der Waals surface area contributed by atoms with Crippen molar-refractivity contribution in [1.82, 2.24) is 5.32 Å². The summed E-state index contributed by atoms with van der Waals surface area (Å²) in [6.07, 6.45) is 2.71. The van der Waals surface area contributed by atoms with E-state index in [2.05, 4.69) is 5.32 Å². The Morgan fingerprint density at radius 1 is 1.07 bits per heavy atom. The van der Waals surface area contributed by atoms with E-state index in [0.717, 1.165) is 41.5 Å². The number of amides is 1. The summed E-state index contributed by atoms with van der Waals surface area (Å²) in [4.78, 5) is 12.4. The summed E-state index contributed by atoms with van der Waals surface area (Å²) in [5.74, 6) is 0.529. The molecule has 29 heavy (non-hydrogen) atoms. The molecule has 7 heteroatoms. The highest BCUT2D eigenvalue weighted by Crippen LogP contribution is 2.26. The summed E-state index contributed by atoms with van der Waals surface area (Å²) in [5, 5.41) is 2.83. The average Bonchev–Trinajstić information content (AvgIpc) is 2.65. The molecule has 0 spiro atoms. The van der Waals surface area contributed by atoms with E-state index in [1.165, 1.54) is 4.31 Å². The molecule has 0 bridgehead atoms. The minimum absolute atomic E-state index is 0.229. The van der Waals surface area contributed by atoms with Crippen LogP contribution in [0.3, 0.4) is 0 Å². The molecule has 0 saturated heterocycles. The Morgan fingerprint density at radius 3 is 2.24 bits per heavy atom. The molecular formula is C22H30N2O4S. The van der Waals surface area contributed by atoms with Crippen LogP contribution in [0.5, 0.6) is 5.75 Å². The first-order chi connectivity index (χ1) is 13.7. The van der Waals surface area contributed by atoms with Gasteiger partial charge in [0, 0.05) is 6.54 Å². The number of hydrogen-bond acceptors (Lipinski definition) is 4. The maximum Gasteiger partial charge on any atom is 0.240 e. The number of carbonyl (C=O) groups is 1. The molecule has 2 aromatic rings. The maximum absolute atomic E-state index is 12.4. The molecule has 158 valence electrons. The zero-order chi connectivity index (χ0) is 21.4. The molecule has 0 fully saturated rings. The van der Waals surface area contributed by atoms with Crippen molar-refractivity contribution in [2.75, 3.05) is 30.3 Å². The van der Waals surface area contributed by atoms with Gasteiger partial charge in [0.05, 0.1) is 18.6 Å². The van der Waals surface area contributed by atoms with Crippen molar-refractivity contribution in [2.45, 2.75) is 33.6 Å². The number of nitrogens with zero attached hydrogens (tertiary/aromatic N) is 1. The standard InChI is InChI=1S/C22H30N2O4S/c1-5-28-20-13-11-19(12-14-20)10-7-15-23-21(25)16-24(29(4,26)27)22-17(2)8-6-9-18(22)3/h6,8-9,11-14H,5,7,10,15-16H2,1-4H3,(H,23,25). The van der Waals surface area contributed by atoms with Crippen molar-refractivity contribution in [1.29, 1.82) is 0 Å². The first kappa shape index (κ1) is 22.7. The molecule has 0 aliphatic heterocycles. The number of ether oxygens (including phenoxy) is 1. The molecule has 0 radical (unpaired) electrons. The molecule has 0 aliphatic rings. The molecule has 1 N–H and O–H groups in total. The van der Waals surface area contributed by atoms with Gasteiger partial charge in [-0.15, -0.1) is 0 Å². The first-order valence-electron chi connectivity index (χ1n) is 9.74. The quantitative estimate of drug-likeness (QED) is 0.601. The summed E-state index contributed by atoms with van der Waals surface area (Å²) >= 11 is 0. The predicted molar refractivity (Wildman–Crippen MR) is 117 cm³/mol. The minimum Gasteiger partial charge on any atom is -0.494 e. The lowest BCUT2D eigenvalue weighted by molar-refractivity contribution is -0.119. The summed E-state index contributed by atoms with van der Waals surface area (Å²) in [7, 11) is -3.58. The van der Waals surface area contributed by atoms with Crippen molar-refractivity contribution in [3.05, 3.63) is 59.2 Å². The van der Waals surface area contributed by atoms with Gasteiger partial charge in [-0.3, -0.25) is 9.10 Å². The highest BCUT2D eigenvalue weighted by atomic mass is 32.2. The second-order valence-electron chi connectivity index (χ2n) is 7.04. The molecule has 6 nitrogen and oxygen atoms in total. The van der Waals surface area contributed by atoms with Gasteiger partial charge in [-0.25, -0.2) is 8.42 Å².